The fourth-order valence-corrected chi connectivity index (χ4v) is 3.49. The Hall–Kier alpha value is -3.38. The summed E-state index contributed by atoms with van der Waals surface area (Å²) in [6.07, 6.45) is 8.81. The van der Waals surface area contributed by atoms with Gasteiger partial charge in [0.2, 0.25) is 0 Å². The molecule has 0 spiro atoms. The highest BCUT2D eigenvalue weighted by Gasteiger charge is 2.02. The summed E-state index contributed by atoms with van der Waals surface area (Å²) in [5, 5.41) is 2.56. The van der Waals surface area contributed by atoms with Crippen molar-refractivity contribution in [2.24, 2.45) is 0 Å². The third-order valence-electron chi connectivity index (χ3n) is 5.24. The maximum Gasteiger partial charge on any atom is -0.0108 e. The molecule has 4 aromatic carbocycles. The van der Waals surface area contributed by atoms with Gasteiger partial charge in [0.05, 0.1) is 0 Å². The van der Waals surface area contributed by atoms with Crippen molar-refractivity contribution >= 4 is 35.1 Å². The van der Waals surface area contributed by atoms with E-state index in [1.807, 2.05) is 0 Å². The minimum absolute atomic E-state index is 1.21. The normalized spacial score (nSPS) is 11.7. The lowest BCUT2D eigenvalue weighted by Crippen LogP contribution is -1.84. The molecule has 0 amide bonds. The Balaban J connectivity index is 1.73. The molecular weight excluding hydrogens is 348 g/mol. The second-order valence-electron chi connectivity index (χ2n) is 7.82. The van der Waals surface area contributed by atoms with Gasteiger partial charge in [0.15, 0.2) is 0 Å². The molecule has 0 aliphatic rings. The lowest BCUT2D eigenvalue weighted by Gasteiger charge is -2.07. The van der Waals surface area contributed by atoms with Crippen LogP contribution in [-0.2, 0) is 0 Å². The number of hydrogen-bond acceptors (Lipinski definition) is 0. The van der Waals surface area contributed by atoms with Crippen molar-refractivity contribution < 1.29 is 0 Å². The zero-order valence-electron chi connectivity index (χ0n) is 17.3. The lowest BCUT2D eigenvalue weighted by atomic mass is 9.97. The van der Waals surface area contributed by atoms with Crippen molar-refractivity contribution in [3.05, 3.63) is 118 Å². The van der Waals surface area contributed by atoms with Crippen LogP contribution < -0.4 is 0 Å². The summed E-state index contributed by atoms with van der Waals surface area (Å²) in [5.74, 6) is 0. The van der Waals surface area contributed by atoms with Gasteiger partial charge < -0.3 is 0 Å². The average molecular weight is 375 g/mol. The van der Waals surface area contributed by atoms with E-state index in [1.165, 1.54) is 49.7 Å². The van der Waals surface area contributed by atoms with Gasteiger partial charge in [-0.3, -0.25) is 0 Å². The first kappa shape index (κ1) is 19.0. The Morgan fingerprint density at radius 1 is 0.448 bits per heavy atom. The van der Waals surface area contributed by atoms with E-state index in [0.29, 0.717) is 0 Å². The van der Waals surface area contributed by atoms with Crippen LogP contribution in [0.2, 0.25) is 0 Å². The highest BCUT2D eigenvalue weighted by molar-refractivity contribution is 5.95. The first-order valence-electron chi connectivity index (χ1n) is 10.1. The smallest absolute Gasteiger partial charge is 0.0108 e. The molecule has 0 aromatic heterocycles. The monoisotopic (exact) mass is 374 g/mol. The SMILES string of the molecule is Cc1ccc(/C=C/c2cc(/C=C/c3ccc(C)cc3)c3cc(C)ccc3c2)cc1. The van der Waals surface area contributed by atoms with Gasteiger partial charge >= 0.3 is 0 Å². The number of hydrogen-bond donors (Lipinski definition) is 0. The highest BCUT2D eigenvalue weighted by atomic mass is 14.1. The Kier molecular flexibility index (Phi) is 5.44. The van der Waals surface area contributed by atoms with Gasteiger partial charge in [-0.2, -0.15) is 0 Å². The van der Waals surface area contributed by atoms with E-state index >= 15 is 0 Å². The fourth-order valence-electron chi connectivity index (χ4n) is 3.49. The minimum Gasteiger partial charge on any atom is -0.0587 e. The molecule has 0 radical (unpaired) electrons. The van der Waals surface area contributed by atoms with Crippen molar-refractivity contribution in [2.75, 3.05) is 0 Å². The largest absolute Gasteiger partial charge is 0.0587 e. The molecular formula is C29H26. The molecule has 142 valence electrons. The topological polar surface area (TPSA) is 0 Å². The van der Waals surface area contributed by atoms with Crippen LogP contribution in [0.1, 0.15) is 38.9 Å². The quantitative estimate of drug-likeness (QED) is 0.316. The van der Waals surface area contributed by atoms with Crippen molar-refractivity contribution in [2.45, 2.75) is 20.8 Å². The minimum atomic E-state index is 1.21. The van der Waals surface area contributed by atoms with E-state index in [4.69, 9.17) is 0 Å². The standard InChI is InChI=1S/C29H26/c1-21-4-9-24(10-5-21)13-14-26-19-27-16-8-23(3)18-29(27)28(20-26)17-15-25-11-6-22(2)7-12-25/h4-20H,1-3H3/b14-13+,17-15+. The van der Waals surface area contributed by atoms with Crippen LogP contribution >= 0.6 is 0 Å². The molecule has 0 N–H and O–H groups in total. The molecule has 0 bridgehead atoms. The van der Waals surface area contributed by atoms with E-state index in [0.717, 1.165) is 0 Å². The molecule has 4 rings (SSSR count). The molecule has 0 heteroatoms. The maximum atomic E-state index is 2.28. The molecule has 4 aromatic rings. The van der Waals surface area contributed by atoms with Gasteiger partial charge in [-0.05, 0) is 65.9 Å². The van der Waals surface area contributed by atoms with Crippen LogP contribution in [0, 0.1) is 20.8 Å². The van der Waals surface area contributed by atoms with Gasteiger partial charge in [-0.1, -0.05) is 108 Å². The van der Waals surface area contributed by atoms with E-state index < -0.39 is 0 Å². The highest BCUT2D eigenvalue weighted by Crippen LogP contribution is 2.26. The molecule has 29 heavy (non-hydrogen) atoms. The van der Waals surface area contributed by atoms with Gasteiger partial charge in [-0.25, -0.2) is 0 Å². The first-order valence-corrected chi connectivity index (χ1v) is 10.1. The Labute approximate surface area is 173 Å². The molecule has 0 fully saturated rings. The number of fused-ring (bicyclic) bond motifs is 1. The molecule has 0 saturated heterocycles. The average Bonchev–Trinajstić information content (AvgIpc) is 2.73. The van der Waals surface area contributed by atoms with Gasteiger partial charge in [0.1, 0.15) is 0 Å². The second kappa shape index (κ2) is 8.32. The first-order chi connectivity index (χ1) is 14.1. The molecule has 0 atom stereocenters. The number of rotatable bonds is 4. The Bertz CT molecular complexity index is 1190. The number of benzene rings is 4. The lowest BCUT2D eigenvalue weighted by molar-refractivity contribution is 1.46. The van der Waals surface area contributed by atoms with E-state index in [-0.39, 0.29) is 0 Å². The summed E-state index contributed by atoms with van der Waals surface area (Å²) in [6.45, 7) is 6.39. The molecule has 0 saturated carbocycles. The van der Waals surface area contributed by atoms with E-state index in [1.54, 1.807) is 0 Å². The predicted molar refractivity (Wildman–Crippen MR) is 129 cm³/mol. The van der Waals surface area contributed by atoms with Crippen LogP contribution in [0.3, 0.4) is 0 Å². The van der Waals surface area contributed by atoms with Crippen LogP contribution in [0.15, 0.2) is 78.9 Å². The van der Waals surface area contributed by atoms with E-state index in [9.17, 15) is 0 Å². The van der Waals surface area contributed by atoms with Crippen molar-refractivity contribution in [3.8, 4) is 0 Å². The third-order valence-corrected chi connectivity index (χ3v) is 5.24. The summed E-state index contributed by atoms with van der Waals surface area (Å²) >= 11 is 0. The predicted octanol–water partition coefficient (Wildman–Crippen LogP) is 8.11. The fraction of sp³-hybridized carbons (Fsp3) is 0.103. The maximum absolute atomic E-state index is 2.28. The number of aryl methyl sites for hydroxylation is 3. The van der Waals surface area contributed by atoms with Gasteiger partial charge in [-0.15, -0.1) is 0 Å². The Morgan fingerprint density at radius 2 is 0.966 bits per heavy atom. The summed E-state index contributed by atoms with van der Waals surface area (Å²) in [7, 11) is 0. The van der Waals surface area contributed by atoms with Gasteiger partial charge in [0.25, 0.3) is 0 Å². The Morgan fingerprint density at radius 3 is 1.59 bits per heavy atom. The molecule has 0 aliphatic heterocycles. The summed E-state index contributed by atoms with van der Waals surface area (Å²) in [6, 6.07) is 28.5. The van der Waals surface area contributed by atoms with Crippen LogP contribution in [-0.4, -0.2) is 0 Å². The van der Waals surface area contributed by atoms with Crippen LogP contribution in [0.25, 0.3) is 35.1 Å². The van der Waals surface area contributed by atoms with Crippen molar-refractivity contribution in [1.29, 1.82) is 0 Å². The third kappa shape index (κ3) is 4.73. The second-order valence-corrected chi connectivity index (χ2v) is 7.82. The zero-order valence-corrected chi connectivity index (χ0v) is 17.3. The molecule has 0 heterocycles. The zero-order chi connectivity index (χ0) is 20.2. The van der Waals surface area contributed by atoms with Gasteiger partial charge in [0, 0.05) is 0 Å². The molecule has 0 aliphatic carbocycles. The van der Waals surface area contributed by atoms with Crippen LogP contribution in [0.4, 0.5) is 0 Å². The molecule has 0 unspecified atom stereocenters. The molecule has 0 nitrogen and oxygen atoms in total. The van der Waals surface area contributed by atoms with Crippen molar-refractivity contribution in [1.82, 2.24) is 0 Å². The summed E-state index contributed by atoms with van der Waals surface area (Å²) < 4.78 is 0. The van der Waals surface area contributed by atoms with Crippen molar-refractivity contribution in [3.63, 3.8) is 0 Å². The van der Waals surface area contributed by atoms with Crippen LogP contribution in [0.5, 0.6) is 0 Å². The summed E-state index contributed by atoms with van der Waals surface area (Å²) in [4.78, 5) is 0. The summed E-state index contributed by atoms with van der Waals surface area (Å²) in [5.41, 5.74) is 8.75. The van der Waals surface area contributed by atoms with E-state index in [2.05, 4.69) is 124 Å².